The number of sulfone groups is 1. The monoisotopic (exact) mass is 210 g/mol. The molecule has 13 heavy (non-hydrogen) atoms. The minimum absolute atomic E-state index is 0.0116. The molecule has 3 N–H and O–H groups in total. The van der Waals surface area contributed by atoms with Crippen molar-refractivity contribution in [2.75, 3.05) is 24.7 Å². The van der Waals surface area contributed by atoms with E-state index in [4.69, 9.17) is 5.73 Å². The molecule has 0 fully saturated rings. The van der Waals surface area contributed by atoms with Gasteiger partial charge in [-0.3, -0.25) is 9.63 Å². The molecule has 0 aliphatic heterocycles. The lowest BCUT2D eigenvalue weighted by Gasteiger charge is -2.03. The second kappa shape index (κ2) is 5.90. The number of primary amides is 1. The lowest BCUT2D eigenvalue weighted by Crippen LogP contribution is -2.28. The molecule has 0 spiro atoms. The Morgan fingerprint density at radius 3 is 2.62 bits per heavy atom. The van der Waals surface area contributed by atoms with Gasteiger partial charge in [-0.2, -0.15) is 0 Å². The van der Waals surface area contributed by atoms with E-state index in [9.17, 15) is 13.2 Å². The van der Waals surface area contributed by atoms with E-state index in [1.807, 2.05) is 0 Å². The highest BCUT2D eigenvalue weighted by atomic mass is 32.2. The smallest absolute Gasteiger partial charge is 0.245 e. The summed E-state index contributed by atoms with van der Waals surface area (Å²) in [6.45, 7) is 1.47. The number of nitrogens with one attached hydrogen (secondary N) is 1. The van der Waals surface area contributed by atoms with Gasteiger partial charge in [-0.15, -0.1) is 0 Å². The SMILES string of the molecule is CCS(=O)(=O)CCNOCC(N)=O. The Morgan fingerprint density at radius 1 is 1.54 bits per heavy atom. The fourth-order valence-electron chi connectivity index (χ4n) is 0.536. The molecule has 0 saturated carbocycles. The van der Waals surface area contributed by atoms with Crippen LogP contribution in [0.5, 0.6) is 0 Å². The molecule has 0 saturated heterocycles. The van der Waals surface area contributed by atoms with Gasteiger partial charge in [0.1, 0.15) is 6.61 Å². The van der Waals surface area contributed by atoms with Crippen molar-refractivity contribution in [3.63, 3.8) is 0 Å². The first-order valence-electron chi connectivity index (χ1n) is 3.81. The maximum absolute atomic E-state index is 10.9. The third-order valence-electron chi connectivity index (χ3n) is 1.27. The third kappa shape index (κ3) is 7.69. The van der Waals surface area contributed by atoms with E-state index >= 15 is 0 Å². The molecular weight excluding hydrogens is 196 g/mol. The molecule has 0 aromatic rings. The number of hydrogen-bond acceptors (Lipinski definition) is 5. The summed E-state index contributed by atoms with van der Waals surface area (Å²) in [5.74, 6) is -0.516. The van der Waals surface area contributed by atoms with Crippen LogP contribution >= 0.6 is 0 Å². The Bertz CT molecular complexity index is 249. The molecule has 0 aromatic carbocycles. The molecule has 0 aliphatic rings. The van der Waals surface area contributed by atoms with Crippen molar-refractivity contribution in [3.8, 4) is 0 Å². The standard InChI is InChI=1S/C6H14N2O4S/c1-2-13(10,11)4-3-8-12-5-6(7)9/h8H,2-5H2,1H3,(H2,7,9). The summed E-state index contributed by atoms with van der Waals surface area (Å²) in [4.78, 5) is 14.7. The second-order valence-electron chi connectivity index (χ2n) is 2.39. The van der Waals surface area contributed by atoms with Gasteiger partial charge in [-0.1, -0.05) is 6.92 Å². The summed E-state index contributed by atoms with van der Waals surface area (Å²) in [6.07, 6.45) is 0. The third-order valence-corrected chi connectivity index (χ3v) is 2.98. The summed E-state index contributed by atoms with van der Waals surface area (Å²) in [6, 6.07) is 0. The predicted molar refractivity (Wildman–Crippen MR) is 47.5 cm³/mol. The van der Waals surface area contributed by atoms with Crippen molar-refractivity contribution < 1.29 is 18.0 Å². The molecule has 0 aliphatic carbocycles. The van der Waals surface area contributed by atoms with Crippen molar-refractivity contribution in [1.82, 2.24) is 5.48 Å². The van der Waals surface area contributed by atoms with Crippen LogP contribution in [0.2, 0.25) is 0 Å². The molecule has 0 aromatic heterocycles. The minimum atomic E-state index is -2.98. The molecule has 0 unspecified atom stereocenters. The molecule has 0 atom stereocenters. The van der Waals surface area contributed by atoms with Crippen LogP contribution in [0.1, 0.15) is 6.92 Å². The Balaban J connectivity index is 3.42. The Hall–Kier alpha value is -0.660. The van der Waals surface area contributed by atoms with E-state index in [1.165, 1.54) is 0 Å². The summed E-state index contributed by atoms with van der Waals surface area (Å²) in [5.41, 5.74) is 7.09. The van der Waals surface area contributed by atoms with E-state index in [0.29, 0.717) is 0 Å². The zero-order valence-corrected chi connectivity index (χ0v) is 8.26. The van der Waals surface area contributed by atoms with Crippen molar-refractivity contribution in [1.29, 1.82) is 0 Å². The van der Waals surface area contributed by atoms with Gasteiger partial charge in [-0.05, 0) is 0 Å². The van der Waals surface area contributed by atoms with Gasteiger partial charge in [0.05, 0.1) is 5.75 Å². The van der Waals surface area contributed by atoms with Crippen LogP contribution in [0, 0.1) is 0 Å². The highest BCUT2D eigenvalue weighted by Crippen LogP contribution is 1.86. The summed E-state index contributed by atoms with van der Waals surface area (Å²) >= 11 is 0. The first-order valence-corrected chi connectivity index (χ1v) is 5.63. The van der Waals surface area contributed by atoms with Crippen LogP contribution < -0.4 is 11.2 Å². The van der Waals surface area contributed by atoms with Crippen LogP contribution in [-0.2, 0) is 19.5 Å². The quantitative estimate of drug-likeness (QED) is 0.390. The van der Waals surface area contributed by atoms with Crippen LogP contribution in [0.15, 0.2) is 0 Å². The fraction of sp³-hybridized carbons (Fsp3) is 0.833. The zero-order valence-electron chi connectivity index (χ0n) is 7.45. The van der Waals surface area contributed by atoms with Crippen molar-refractivity contribution >= 4 is 15.7 Å². The average Bonchev–Trinajstić information content (AvgIpc) is 2.03. The van der Waals surface area contributed by atoms with E-state index in [-0.39, 0.29) is 24.7 Å². The van der Waals surface area contributed by atoms with Gasteiger partial charge < -0.3 is 5.73 Å². The largest absolute Gasteiger partial charge is 0.368 e. The van der Waals surface area contributed by atoms with Gasteiger partial charge in [0, 0.05) is 12.3 Å². The molecule has 0 bridgehead atoms. The summed E-state index contributed by atoms with van der Waals surface area (Å²) in [5, 5.41) is 0. The average molecular weight is 210 g/mol. The van der Waals surface area contributed by atoms with Gasteiger partial charge in [0.25, 0.3) is 0 Å². The zero-order chi connectivity index (χ0) is 10.3. The molecule has 6 nitrogen and oxygen atoms in total. The predicted octanol–water partition coefficient (Wildman–Crippen LogP) is -1.57. The number of rotatable bonds is 7. The molecule has 0 heterocycles. The Morgan fingerprint density at radius 2 is 2.15 bits per heavy atom. The van der Waals surface area contributed by atoms with Crippen molar-refractivity contribution in [2.24, 2.45) is 5.73 Å². The number of amides is 1. The lowest BCUT2D eigenvalue weighted by atomic mass is 10.7. The molecule has 1 amide bonds. The van der Waals surface area contributed by atoms with E-state index < -0.39 is 15.7 Å². The first-order chi connectivity index (χ1) is 5.98. The molecule has 78 valence electrons. The topological polar surface area (TPSA) is 98.5 Å². The number of carbonyl (C=O) groups is 1. The highest BCUT2D eigenvalue weighted by Gasteiger charge is 2.05. The van der Waals surface area contributed by atoms with Crippen molar-refractivity contribution in [3.05, 3.63) is 0 Å². The Labute approximate surface area is 77.3 Å². The minimum Gasteiger partial charge on any atom is -0.368 e. The molecule has 0 radical (unpaired) electrons. The van der Waals surface area contributed by atoms with Crippen LogP contribution in [-0.4, -0.2) is 39.0 Å². The van der Waals surface area contributed by atoms with Gasteiger partial charge in [0.2, 0.25) is 5.91 Å². The van der Waals surface area contributed by atoms with Crippen molar-refractivity contribution in [2.45, 2.75) is 6.92 Å². The van der Waals surface area contributed by atoms with Gasteiger partial charge in [0.15, 0.2) is 9.84 Å². The van der Waals surface area contributed by atoms with E-state index in [0.717, 1.165) is 0 Å². The van der Waals surface area contributed by atoms with Gasteiger partial charge in [-0.25, -0.2) is 13.9 Å². The lowest BCUT2D eigenvalue weighted by molar-refractivity contribution is -0.125. The molecule has 7 heteroatoms. The maximum atomic E-state index is 10.9. The van der Waals surface area contributed by atoms with Crippen LogP contribution in [0.4, 0.5) is 0 Å². The number of hydrogen-bond donors (Lipinski definition) is 2. The number of nitrogens with two attached hydrogens (primary N) is 1. The molecular formula is C6H14N2O4S. The number of carbonyl (C=O) groups excluding carboxylic acids is 1. The normalized spacial score (nSPS) is 11.5. The van der Waals surface area contributed by atoms with Gasteiger partial charge >= 0.3 is 0 Å². The summed E-state index contributed by atoms with van der Waals surface area (Å²) in [7, 11) is -2.98. The maximum Gasteiger partial charge on any atom is 0.245 e. The first kappa shape index (κ1) is 12.3. The van der Waals surface area contributed by atoms with Crippen LogP contribution in [0.3, 0.4) is 0 Å². The van der Waals surface area contributed by atoms with E-state index in [2.05, 4.69) is 10.3 Å². The molecule has 0 rings (SSSR count). The van der Waals surface area contributed by atoms with Crippen LogP contribution in [0.25, 0.3) is 0 Å². The number of hydroxylamine groups is 1. The van der Waals surface area contributed by atoms with E-state index in [1.54, 1.807) is 6.92 Å². The highest BCUT2D eigenvalue weighted by molar-refractivity contribution is 7.91. The fourth-order valence-corrected chi connectivity index (χ4v) is 1.22. The Kier molecular flexibility index (Phi) is 5.60. The second-order valence-corrected chi connectivity index (χ2v) is 4.86. The summed E-state index contributed by atoms with van der Waals surface area (Å²) < 4.78 is 21.8.